The highest BCUT2D eigenvalue weighted by Gasteiger charge is 2.44. The second kappa shape index (κ2) is 6.83. The van der Waals surface area contributed by atoms with Gasteiger partial charge in [-0.1, -0.05) is 0 Å². The van der Waals surface area contributed by atoms with Gasteiger partial charge in [-0.05, 0) is 63.7 Å². The summed E-state index contributed by atoms with van der Waals surface area (Å²) in [5.41, 5.74) is 0. The number of carbonyl (C=O) groups is 1. The molecule has 4 bridgehead atoms. The van der Waals surface area contributed by atoms with Gasteiger partial charge >= 0.3 is 6.03 Å². The Balaban J connectivity index is 1.33. The molecule has 5 rings (SSSR count). The molecule has 1 N–H and O–H groups in total. The van der Waals surface area contributed by atoms with Gasteiger partial charge < -0.3 is 15.0 Å². The van der Waals surface area contributed by atoms with Gasteiger partial charge in [0.1, 0.15) is 0 Å². The van der Waals surface area contributed by atoms with Crippen LogP contribution < -0.4 is 5.32 Å². The average Bonchev–Trinajstić information content (AvgIpc) is 2.76. The van der Waals surface area contributed by atoms with E-state index in [1.54, 1.807) is 0 Å². The molecule has 0 aromatic heterocycles. The highest BCUT2D eigenvalue weighted by atomic mass is 16.5. The second-order valence-electron chi connectivity index (χ2n) is 8.78. The summed E-state index contributed by atoms with van der Waals surface area (Å²) >= 11 is 0. The van der Waals surface area contributed by atoms with E-state index < -0.39 is 0 Å². The van der Waals surface area contributed by atoms with Crippen molar-refractivity contribution in [3.63, 3.8) is 0 Å². The van der Waals surface area contributed by atoms with Crippen molar-refractivity contribution in [2.75, 3.05) is 32.8 Å². The minimum atomic E-state index is 0.181. The van der Waals surface area contributed by atoms with Gasteiger partial charge in [0.25, 0.3) is 0 Å². The van der Waals surface area contributed by atoms with Crippen molar-refractivity contribution in [3.05, 3.63) is 0 Å². The lowest BCUT2D eigenvalue weighted by atomic mass is 9.68. The van der Waals surface area contributed by atoms with Gasteiger partial charge in [0.05, 0.1) is 13.2 Å². The minimum absolute atomic E-state index is 0.181. The average molecular weight is 335 g/mol. The predicted octanol–water partition coefficient (Wildman–Crippen LogP) is 2.32. The van der Waals surface area contributed by atoms with Gasteiger partial charge in [-0.25, -0.2) is 4.79 Å². The molecule has 0 aromatic carbocycles. The normalized spacial score (nSPS) is 40.4. The molecular weight excluding hydrogens is 302 g/mol. The Morgan fingerprint density at radius 2 is 1.88 bits per heavy atom. The van der Waals surface area contributed by atoms with Gasteiger partial charge in [0.15, 0.2) is 0 Å². The molecule has 5 nitrogen and oxygen atoms in total. The Hall–Kier alpha value is -0.810. The number of nitrogens with zero attached hydrogens (tertiary/aromatic N) is 2. The maximum absolute atomic E-state index is 12.9. The Morgan fingerprint density at radius 1 is 1.17 bits per heavy atom. The largest absolute Gasteiger partial charge is 0.379 e. The topological polar surface area (TPSA) is 44.8 Å². The van der Waals surface area contributed by atoms with Crippen LogP contribution in [0.1, 0.15) is 46.0 Å². The van der Waals surface area contributed by atoms with Crippen LogP contribution in [-0.4, -0.2) is 66.8 Å². The van der Waals surface area contributed by atoms with Gasteiger partial charge in [-0.3, -0.25) is 4.90 Å². The first-order valence-corrected chi connectivity index (χ1v) is 9.98. The van der Waals surface area contributed by atoms with Crippen LogP contribution in [-0.2, 0) is 4.74 Å². The molecule has 2 amide bonds. The summed E-state index contributed by atoms with van der Waals surface area (Å²) in [5, 5.41) is 3.24. The van der Waals surface area contributed by atoms with E-state index in [1.165, 1.54) is 32.1 Å². The lowest BCUT2D eigenvalue weighted by Crippen LogP contribution is -2.54. The Labute approximate surface area is 146 Å². The summed E-state index contributed by atoms with van der Waals surface area (Å²) in [6.07, 6.45) is 6.64. The highest BCUT2D eigenvalue weighted by molar-refractivity contribution is 5.74. The lowest BCUT2D eigenvalue weighted by Gasteiger charge is -2.39. The monoisotopic (exact) mass is 335 g/mol. The van der Waals surface area contributed by atoms with E-state index in [0.29, 0.717) is 18.1 Å². The first-order chi connectivity index (χ1) is 11.6. The Kier molecular flexibility index (Phi) is 4.74. The summed E-state index contributed by atoms with van der Waals surface area (Å²) in [4.78, 5) is 17.5. The van der Waals surface area contributed by atoms with Crippen molar-refractivity contribution in [2.24, 2.45) is 17.8 Å². The minimum Gasteiger partial charge on any atom is -0.379 e. The molecule has 0 spiro atoms. The fourth-order valence-electron chi connectivity index (χ4n) is 5.88. The molecule has 136 valence electrons. The van der Waals surface area contributed by atoms with Crippen LogP contribution in [0.3, 0.4) is 0 Å². The van der Waals surface area contributed by atoms with Crippen LogP contribution in [0.15, 0.2) is 0 Å². The third-order valence-corrected chi connectivity index (χ3v) is 6.90. The molecule has 3 heterocycles. The predicted molar refractivity (Wildman–Crippen MR) is 93.9 cm³/mol. The van der Waals surface area contributed by atoms with Gasteiger partial charge in [0, 0.05) is 37.8 Å². The quantitative estimate of drug-likeness (QED) is 0.861. The van der Waals surface area contributed by atoms with E-state index in [1.807, 2.05) is 0 Å². The number of ether oxygens (including phenoxy) is 1. The van der Waals surface area contributed by atoms with Crippen LogP contribution in [0.5, 0.6) is 0 Å². The fraction of sp³-hybridized carbons (Fsp3) is 0.947. The highest BCUT2D eigenvalue weighted by Crippen LogP contribution is 2.47. The zero-order chi connectivity index (χ0) is 16.7. The first-order valence-electron chi connectivity index (χ1n) is 9.98. The number of hydrogen-bond donors (Lipinski definition) is 1. The summed E-state index contributed by atoms with van der Waals surface area (Å²) in [5.74, 6) is 2.53. The van der Waals surface area contributed by atoms with E-state index in [9.17, 15) is 4.79 Å². The number of urea groups is 1. The zero-order valence-corrected chi connectivity index (χ0v) is 15.2. The molecular formula is C19H33N3O2. The zero-order valence-electron chi connectivity index (χ0n) is 15.2. The van der Waals surface area contributed by atoms with E-state index in [-0.39, 0.29) is 6.03 Å². The number of morpholine rings is 1. The van der Waals surface area contributed by atoms with E-state index >= 15 is 0 Å². The number of fused-ring (bicyclic) bond motifs is 1. The molecule has 5 fully saturated rings. The van der Waals surface area contributed by atoms with Crippen LogP contribution in [0.2, 0.25) is 0 Å². The van der Waals surface area contributed by atoms with E-state index in [4.69, 9.17) is 4.74 Å². The fourth-order valence-corrected chi connectivity index (χ4v) is 5.88. The van der Waals surface area contributed by atoms with Gasteiger partial charge in [-0.2, -0.15) is 0 Å². The maximum Gasteiger partial charge on any atom is 0.317 e. The second-order valence-corrected chi connectivity index (χ2v) is 8.78. The molecule has 24 heavy (non-hydrogen) atoms. The standard InChI is InChI=1S/C19H33N3O2/c1-13(21-3-4-24-12-14(21)2)10-20-19(23)22-11-17-6-15-5-16(7-17)9-18(22)8-15/h13-18H,3-12H2,1-2H3,(H,20,23)/t13-,14+,15-,16+,17?,18?/m1/s1. The number of hydrogen-bond acceptors (Lipinski definition) is 3. The Bertz CT molecular complexity index is 458. The number of rotatable bonds is 3. The first kappa shape index (κ1) is 16.6. The van der Waals surface area contributed by atoms with Crippen molar-refractivity contribution < 1.29 is 9.53 Å². The van der Waals surface area contributed by atoms with Crippen molar-refractivity contribution >= 4 is 6.03 Å². The molecule has 2 aliphatic carbocycles. The van der Waals surface area contributed by atoms with Crippen molar-refractivity contribution in [1.82, 2.24) is 15.1 Å². The van der Waals surface area contributed by atoms with Gasteiger partial charge in [0.2, 0.25) is 0 Å². The van der Waals surface area contributed by atoms with E-state index in [0.717, 1.165) is 50.6 Å². The smallest absolute Gasteiger partial charge is 0.317 e. The molecule has 5 aliphatic rings. The maximum atomic E-state index is 12.9. The number of amides is 2. The Morgan fingerprint density at radius 3 is 2.58 bits per heavy atom. The SMILES string of the molecule is C[C@H](CNC(=O)N1CC2C[C@@H]3CC1C[C@H](C2)C3)N1CCOC[C@@H]1C. The number of nitrogens with one attached hydrogen (secondary N) is 1. The molecule has 6 atom stereocenters. The third-order valence-electron chi connectivity index (χ3n) is 6.90. The van der Waals surface area contributed by atoms with Crippen LogP contribution in [0.25, 0.3) is 0 Å². The molecule has 3 saturated heterocycles. The third kappa shape index (κ3) is 3.30. The molecule has 5 heteroatoms. The van der Waals surface area contributed by atoms with Crippen molar-refractivity contribution in [1.29, 1.82) is 0 Å². The van der Waals surface area contributed by atoms with Gasteiger partial charge in [-0.15, -0.1) is 0 Å². The van der Waals surface area contributed by atoms with Crippen LogP contribution in [0.4, 0.5) is 4.79 Å². The molecule has 0 radical (unpaired) electrons. The van der Waals surface area contributed by atoms with Crippen molar-refractivity contribution in [2.45, 2.75) is 64.1 Å². The lowest BCUT2D eigenvalue weighted by molar-refractivity contribution is -0.0178. The molecule has 0 aromatic rings. The molecule has 3 aliphatic heterocycles. The summed E-state index contributed by atoms with van der Waals surface area (Å²) in [6, 6.07) is 1.49. The van der Waals surface area contributed by atoms with Crippen LogP contribution in [0, 0.1) is 17.8 Å². The molecule has 2 unspecified atom stereocenters. The molecule has 2 saturated carbocycles. The summed E-state index contributed by atoms with van der Waals surface area (Å²) in [7, 11) is 0. The van der Waals surface area contributed by atoms with E-state index in [2.05, 4.69) is 29.0 Å². The summed E-state index contributed by atoms with van der Waals surface area (Å²) in [6.45, 7) is 8.74. The van der Waals surface area contributed by atoms with Crippen LogP contribution >= 0.6 is 0 Å². The number of carbonyl (C=O) groups excluding carboxylic acids is 1. The van der Waals surface area contributed by atoms with Crippen molar-refractivity contribution in [3.8, 4) is 0 Å². The summed E-state index contributed by atoms with van der Waals surface area (Å²) < 4.78 is 5.52.